The summed E-state index contributed by atoms with van der Waals surface area (Å²) in [5.41, 5.74) is 1.34. The maximum Gasteiger partial charge on any atom is 0.261 e. The van der Waals surface area contributed by atoms with Crippen molar-refractivity contribution in [1.82, 2.24) is 9.55 Å². The Morgan fingerprint density at radius 3 is 2.74 bits per heavy atom. The summed E-state index contributed by atoms with van der Waals surface area (Å²) in [6, 6.07) is 9.18. The van der Waals surface area contributed by atoms with Crippen LogP contribution in [0.4, 0.5) is 0 Å². The minimum absolute atomic E-state index is 0.0688. The molecule has 3 aromatic rings. The first kappa shape index (κ1) is 16.0. The quantitative estimate of drug-likeness (QED) is 0.412. The van der Waals surface area contributed by atoms with Gasteiger partial charge >= 0.3 is 0 Å². The molecule has 0 amide bonds. The number of ketones is 1. The summed E-state index contributed by atoms with van der Waals surface area (Å²) in [6.07, 6.45) is 0. The van der Waals surface area contributed by atoms with Gasteiger partial charge in [0.25, 0.3) is 5.56 Å². The molecule has 6 heteroatoms. The summed E-state index contributed by atoms with van der Waals surface area (Å²) in [4.78, 5) is 31.4. The van der Waals surface area contributed by atoms with Crippen LogP contribution in [0.5, 0.6) is 0 Å². The predicted octanol–water partition coefficient (Wildman–Crippen LogP) is 3.59. The van der Waals surface area contributed by atoms with Crippen molar-refractivity contribution in [2.45, 2.75) is 19.0 Å². The van der Waals surface area contributed by atoms with E-state index in [2.05, 4.69) is 4.98 Å². The Morgan fingerprint density at radius 1 is 1.30 bits per heavy atom. The van der Waals surface area contributed by atoms with Gasteiger partial charge in [-0.25, -0.2) is 4.98 Å². The fraction of sp³-hybridized carbons (Fsp3) is 0.235. The number of thiophene rings is 1. The molecule has 0 atom stereocenters. The van der Waals surface area contributed by atoms with Crippen LogP contribution < -0.4 is 5.56 Å². The average molecular weight is 344 g/mol. The van der Waals surface area contributed by atoms with E-state index in [0.29, 0.717) is 16.1 Å². The van der Waals surface area contributed by atoms with Crippen LogP contribution in [0.3, 0.4) is 0 Å². The van der Waals surface area contributed by atoms with E-state index in [9.17, 15) is 9.59 Å². The van der Waals surface area contributed by atoms with Crippen molar-refractivity contribution in [3.05, 3.63) is 56.0 Å². The number of nitrogens with zero attached hydrogens (tertiary/aromatic N) is 2. The first-order valence-electron chi connectivity index (χ1n) is 7.16. The highest BCUT2D eigenvalue weighted by Gasteiger charge is 2.15. The highest BCUT2D eigenvalue weighted by molar-refractivity contribution is 7.99. The highest BCUT2D eigenvalue weighted by atomic mass is 32.2. The maximum atomic E-state index is 12.4. The van der Waals surface area contributed by atoms with Crippen LogP contribution >= 0.6 is 23.1 Å². The summed E-state index contributed by atoms with van der Waals surface area (Å²) >= 11 is 2.93. The van der Waals surface area contributed by atoms with Crippen LogP contribution in [0.15, 0.2) is 40.3 Å². The van der Waals surface area contributed by atoms with Crippen LogP contribution in [0.2, 0.25) is 0 Å². The summed E-state index contributed by atoms with van der Waals surface area (Å²) < 4.78 is 1.51. The van der Waals surface area contributed by atoms with Crippen molar-refractivity contribution in [3.63, 3.8) is 0 Å². The molecule has 1 aromatic carbocycles. The topological polar surface area (TPSA) is 52.0 Å². The van der Waals surface area contributed by atoms with Crippen LogP contribution in [-0.2, 0) is 7.05 Å². The molecule has 118 valence electrons. The number of carbonyl (C=O) groups is 1. The van der Waals surface area contributed by atoms with E-state index in [1.165, 1.54) is 16.3 Å². The molecule has 0 aliphatic heterocycles. The van der Waals surface area contributed by atoms with Gasteiger partial charge in [0.1, 0.15) is 0 Å². The molecule has 3 rings (SSSR count). The summed E-state index contributed by atoms with van der Waals surface area (Å²) in [5.74, 6) is 0.342. The molecule has 2 aromatic heterocycles. The SMILES string of the molecule is Cc1cc(C(=O)CSc2nc3ccccc3c(=O)n2C)c(C)s1. The first-order chi connectivity index (χ1) is 11.0. The van der Waals surface area contributed by atoms with E-state index in [-0.39, 0.29) is 17.1 Å². The molecule has 0 N–H and O–H groups in total. The number of fused-ring (bicyclic) bond motifs is 1. The molecular weight excluding hydrogens is 328 g/mol. The van der Waals surface area contributed by atoms with Crippen molar-refractivity contribution in [2.75, 3.05) is 5.75 Å². The molecule has 0 aliphatic rings. The monoisotopic (exact) mass is 344 g/mol. The van der Waals surface area contributed by atoms with Gasteiger partial charge in [-0.1, -0.05) is 23.9 Å². The zero-order valence-electron chi connectivity index (χ0n) is 13.1. The molecule has 0 spiro atoms. The Kier molecular flexibility index (Phi) is 4.37. The summed E-state index contributed by atoms with van der Waals surface area (Å²) in [7, 11) is 1.69. The molecule has 0 aliphatic carbocycles. The number of hydrogen-bond acceptors (Lipinski definition) is 5. The lowest BCUT2D eigenvalue weighted by Gasteiger charge is -2.08. The van der Waals surface area contributed by atoms with Gasteiger partial charge in [-0.05, 0) is 32.0 Å². The van der Waals surface area contributed by atoms with Gasteiger partial charge in [0, 0.05) is 22.4 Å². The third-order valence-corrected chi connectivity index (χ3v) is 5.61. The Bertz CT molecular complexity index is 957. The standard InChI is InChI=1S/C17H16N2O2S2/c1-10-8-13(11(2)23-10)15(20)9-22-17-18-14-7-5-4-6-12(14)16(21)19(17)3/h4-8H,9H2,1-3H3. The van der Waals surface area contributed by atoms with Gasteiger partial charge < -0.3 is 0 Å². The number of carbonyl (C=O) groups excluding carboxylic acids is 1. The molecule has 23 heavy (non-hydrogen) atoms. The Labute approximate surface area is 142 Å². The number of aryl methyl sites for hydroxylation is 2. The van der Waals surface area contributed by atoms with Crippen molar-refractivity contribution in [1.29, 1.82) is 0 Å². The molecule has 0 bridgehead atoms. The summed E-state index contributed by atoms with van der Waals surface area (Å²) in [5, 5.41) is 1.15. The molecule has 2 heterocycles. The largest absolute Gasteiger partial charge is 0.293 e. The zero-order valence-corrected chi connectivity index (χ0v) is 14.8. The number of thioether (sulfide) groups is 1. The van der Waals surface area contributed by atoms with Gasteiger partial charge in [0.15, 0.2) is 10.9 Å². The first-order valence-corrected chi connectivity index (χ1v) is 8.96. The number of Topliss-reactive ketones (excluding diaryl/α,β-unsaturated/α-hetero) is 1. The van der Waals surface area contributed by atoms with E-state index in [0.717, 1.165) is 15.3 Å². The van der Waals surface area contributed by atoms with E-state index in [4.69, 9.17) is 0 Å². The molecule has 0 saturated heterocycles. The Hall–Kier alpha value is -1.92. The minimum Gasteiger partial charge on any atom is -0.293 e. The summed E-state index contributed by atoms with van der Waals surface area (Å²) in [6.45, 7) is 3.95. The third kappa shape index (κ3) is 3.09. The van der Waals surface area contributed by atoms with E-state index < -0.39 is 0 Å². The normalized spacial score (nSPS) is 11.1. The van der Waals surface area contributed by atoms with E-state index in [1.807, 2.05) is 38.1 Å². The smallest absolute Gasteiger partial charge is 0.261 e. The Morgan fingerprint density at radius 2 is 2.04 bits per heavy atom. The van der Waals surface area contributed by atoms with E-state index in [1.54, 1.807) is 24.5 Å². The molecule has 4 nitrogen and oxygen atoms in total. The van der Waals surface area contributed by atoms with Crippen LogP contribution in [0, 0.1) is 13.8 Å². The number of para-hydroxylation sites is 1. The fourth-order valence-electron chi connectivity index (χ4n) is 2.44. The lowest BCUT2D eigenvalue weighted by Crippen LogP contribution is -2.20. The second-order valence-corrected chi connectivity index (χ2v) is 7.72. The third-order valence-electron chi connectivity index (χ3n) is 3.62. The average Bonchev–Trinajstić information content (AvgIpc) is 2.88. The zero-order chi connectivity index (χ0) is 16.6. The second kappa shape index (κ2) is 6.29. The molecule has 0 radical (unpaired) electrons. The van der Waals surface area contributed by atoms with Crippen molar-refractivity contribution < 1.29 is 4.79 Å². The van der Waals surface area contributed by atoms with Gasteiger partial charge in [0.05, 0.1) is 16.7 Å². The number of rotatable bonds is 4. The fourth-order valence-corrected chi connectivity index (χ4v) is 4.24. The molecule has 0 fully saturated rings. The molecule has 0 saturated carbocycles. The maximum absolute atomic E-state index is 12.4. The molecular formula is C17H16N2O2S2. The molecule has 0 unspecified atom stereocenters. The highest BCUT2D eigenvalue weighted by Crippen LogP contribution is 2.24. The van der Waals surface area contributed by atoms with Gasteiger partial charge in [-0.2, -0.15) is 0 Å². The second-order valence-electron chi connectivity index (χ2n) is 5.31. The van der Waals surface area contributed by atoms with Gasteiger partial charge in [-0.15, -0.1) is 11.3 Å². The lowest BCUT2D eigenvalue weighted by molar-refractivity contribution is 0.102. The Balaban J connectivity index is 1.87. The lowest BCUT2D eigenvalue weighted by atomic mass is 10.2. The number of benzene rings is 1. The van der Waals surface area contributed by atoms with E-state index >= 15 is 0 Å². The van der Waals surface area contributed by atoms with Crippen LogP contribution in [0.1, 0.15) is 20.1 Å². The van der Waals surface area contributed by atoms with Gasteiger partial charge in [-0.3, -0.25) is 14.2 Å². The minimum atomic E-state index is -0.0897. The van der Waals surface area contributed by atoms with Crippen molar-refractivity contribution >= 4 is 39.8 Å². The van der Waals surface area contributed by atoms with Crippen LogP contribution in [-0.4, -0.2) is 21.1 Å². The number of aromatic nitrogens is 2. The van der Waals surface area contributed by atoms with Crippen molar-refractivity contribution in [2.24, 2.45) is 7.05 Å². The van der Waals surface area contributed by atoms with Crippen LogP contribution in [0.25, 0.3) is 10.9 Å². The number of hydrogen-bond donors (Lipinski definition) is 0. The van der Waals surface area contributed by atoms with Gasteiger partial charge in [0.2, 0.25) is 0 Å². The van der Waals surface area contributed by atoms with Crippen molar-refractivity contribution in [3.8, 4) is 0 Å². The predicted molar refractivity (Wildman–Crippen MR) is 95.8 cm³/mol.